The zero-order valence-corrected chi connectivity index (χ0v) is 8.69. The van der Waals surface area contributed by atoms with Crippen LogP contribution >= 0.6 is 0 Å². The molecule has 0 amide bonds. The van der Waals surface area contributed by atoms with Crippen LogP contribution in [0.5, 0.6) is 0 Å². The summed E-state index contributed by atoms with van der Waals surface area (Å²) < 4.78 is 9.04. The number of carbonyl (C=O) groups is 3. The highest BCUT2D eigenvalue weighted by Gasteiger charge is 2.21. The lowest BCUT2D eigenvalue weighted by Gasteiger charge is -2.11. The number of methoxy groups -OCH3 is 1. The monoisotopic (exact) mass is 218 g/mol. The summed E-state index contributed by atoms with van der Waals surface area (Å²) in [5, 5.41) is 8.44. The Labute approximate surface area is 87.2 Å². The molecule has 0 saturated carbocycles. The Bertz CT molecular complexity index is 247. The van der Waals surface area contributed by atoms with Crippen molar-refractivity contribution in [3.8, 4) is 0 Å². The van der Waals surface area contributed by atoms with Crippen LogP contribution in [0.1, 0.15) is 19.8 Å². The third-order valence-corrected chi connectivity index (χ3v) is 1.65. The normalized spacial score (nSPS) is 11.9. The van der Waals surface area contributed by atoms with Gasteiger partial charge in [0.15, 0.2) is 11.9 Å². The van der Waals surface area contributed by atoms with Gasteiger partial charge >= 0.3 is 11.9 Å². The summed E-state index contributed by atoms with van der Waals surface area (Å²) in [5.74, 6) is -1.95. The van der Waals surface area contributed by atoms with Crippen molar-refractivity contribution in [2.45, 2.75) is 25.9 Å². The standard InChI is InChI=1S/C9H14O6/c1-6(11)15-9(13)8(14-2)4-3-7(12)5-10/h8,10H,3-5H2,1-2H3. The van der Waals surface area contributed by atoms with E-state index < -0.39 is 30.4 Å². The fourth-order valence-electron chi connectivity index (χ4n) is 0.910. The molecule has 0 aliphatic carbocycles. The van der Waals surface area contributed by atoms with E-state index in [1.165, 1.54) is 7.11 Å². The average Bonchev–Trinajstić information content (AvgIpc) is 2.17. The van der Waals surface area contributed by atoms with Gasteiger partial charge in [0.05, 0.1) is 0 Å². The molecule has 0 aliphatic rings. The van der Waals surface area contributed by atoms with E-state index in [0.717, 1.165) is 6.92 Å². The third kappa shape index (κ3) is 5.92. The van der Waals surface area contributed by atoms with Gasteiger partial charge in [-0.3, -0.25) is 9.59 Å². The van der Waals surface area contributed by atoms with Gasteiger partial charge in [-0.25, -0.2) is 4.79 Å². The number of carbonyl (C=O) groups excluding carboxylic acids is 3. The lowest BCUT2D eigenvalue weighted by molar-refractivity contribution is -0.166. The molecule has 0 fully saturated rings. The van der Waals surface area contributed by atoms with Crippen LogP contribution in [0.3, 0.4) is 0 Å². The predicted octanol–water partition coefficient (Wildman–Crippen LogP) is -0.567. The van der Waals surface area contributed by atoms with E-state index in [-0.39, 0.29) is 12.8 Å². The molecule has 1 atom stereocenters. The van der Waals surface area contributed by atoms with Crippen LogP contribution in [-0.2, 0) is 23.9 Å². The molecule has 0 heterocycles. The maximum Gasteiger partial charge on any atom is 0.342 e. The first-order valence-electron chi connectivity index (χ1n) is 4.38. The van der Waals surface area contributed by atoms with Crippen LogP contribution < -0.4 is 0 Å². The van der Waals surface area contributed by atoms with Crippen molar-refractivity contribution >= 4 is 17.7 Å². The molecule has 86 valence electrons. The fraction of sp³-hybridized carbons (Fsp3) is 0.667. The van der Waals surface area contributed by atoms with Gasteiger partial charge in [0.2, 0.25) is 0 Å². The molecule has 0 aliphatic heterocycles. The van der Waals surface area contributed by atoms with Crippen molar-refractivity contribution in [1.29, 1.82) is 0 Å². The smallest absolute Gasteiger partial charge is 0.342 e. The average molecular weight is 218 g/mol. The number of rotatable bonds is 6. The van der Waals surface area contributed by atoms with E-state index in [1.54, 1.807) is 0 Å². The highest BCUT2D eigenvalue weighted by atomic mass is 16.6. The van der Waals surface area contributed by atoms with Gasteiger partial charge < -0.3 is 14.6 Å². The maximum atomic E-state index is 11.1. The molecule has 6 heteroatoms. The molecule has 15 heavy (non-hydrogen) atoms. The van der Waals surface area contributed by atoms with E-state index in [2.05, 4.69) is 4.74 Å². The molecule has 0 rings (SSSR count). The molecule has 0 aromatic heterocycles. The Morgan fingerprint density at radius 2 is 1.93 bits per heavy atom. The van der Waals surface area contributed by atoms with Gasteiger partial charge in [0.1, 0.15) is 6.61 Å². The number of aliphatic hydroxyl groups excluding tert-OH is 1. The first kappa shape index (κ1) is 13.7. The minimum atomic E-state index is -0.954. The SMILES string of the molecule is COC(CCC(=O)CO)C(=O)OC(C)=O. The van der Waals surface area contributed by atoms with Crippen molar-refractivity contribution < 1.29 is 29.0 Å². The van der Waals surface area contributed by atoms with Gasteiger partial charge in [-0.2, -0.15) is 0 Å². The molecule has 0 radical (unpaired) electrons. The number of hydrogen-bond acceptors (Lipinski definition) is 6. The number of ether oxygens (including phenoxy) is 2. The Morgan fingerprint density at radius 1 is 1.33 bits per heavy atom. The van der Waals surface area contributed by atoms with Crippen LogP contribution in [0.15, 0.2) is 0 Å². The number of aliphatic hydroxyl groups is 1. The zero-order chi connectivity index (χ0) is 11.8. The molecule has 1 unspecified atom stereocenters. The maximum absolute atomic E-state index is 11.1. The summed E-state index contributed by atoms with van der Waals surface area (Å²) in [6, 6.07) is 0. The summed E-state index contributed by atoms with van der Waals surface area (Å²) >= 11 is 0. The van der Waals surface area contributed by atoms with Crippen LogP contribution in [-0.4, -0.2) is 42.6 Å². The molecular formula is C9H14O6. The topological polar surface area (TPSA) is 89.9 Å². The lowest BCUT2D eigenvalue weighted by atomic mass is 10.1. The van der Waals surface area contributed by atoms with Crippen LogP contribution in [0.25, 0.3) is 0 Å². The predicted molar refractivity (Wildman–Crippen MR) is 48.9 cm³/mol. The highest BCUT2D eigenvalue weighted by Crippen LogP contribution is 2.04. The molecule has 0 aromatic rings. The van der Waals surface area contributed by atoms with Crippen LogP contribution in [0.2, 0.25) is 0 Å². The Balaban J connectivity index is 4.06. The summed E-state index contributed by atoms with van der Waals surface area (Å²) in [4.78, 5) is 32.4. The van der Waals surface area contributed by atoms with E-state index in [1.807, 2.05) is 0 Å². The van der Waals surface area contributed by atoms with Gasteiger partial charge in [0.25, 0.3) is 0 Å². The second-order valence-corrected chi connectivity index (χ2v) is 2.87. The second-order valence-electron chi connectivity index (χ2n) is 2.87. The summed E-state index contributed by atoms with van der Waals surface area (Å²) in [5.41, 5.74) is 0. The minimum Gasteiger partial charge on any atom is -0.391 e. The summed E-state index contributed by atoms with van der Waals surface area (Å²) in [6.07, 6.45) is -0.867. The molecule has 0 saturated heterocycles. The number of ketones is 1. The largest absolute Gasteiger partial charge is 0.391 e. The van der Waals surface area contributed by atoms with Crippen molar-refractivity contribution in [2.24, 2.45) is 0 Å². The van der Waals surface area contributed by atoms with E-state index in [4.69, 9.17) is 9.84 Å². The molecule has 6 nitrogen and oxygen atoms in total. The molecule has 0 spiro atoms. The first-order valence-corrected chi connectivity index (χ1v) is 4.38. The highest BCUT2D eigenvalue weighted by molar-refractivity contribution is 5.87. The number of esters is 2. The van der Waals surface area contributed by atoms with E-state index in [9.17, 15) is 14.4 Å². The molecular weight excluding hydrogens is 204 g/mol. The molecule has 1 N–H and O–H groups in total. The third-order valence-electron chi connectivity index (χ3n) is 1.65. The van der Waals surface area contributed by atoms with Crippen molar-refractivity contribution in [1.82, 2.24) is 0 Å². The summed E-state index contributed by atoms with van der Waals surface area (Å²) in [7, 11) is 1.27. The zero-order valence-electron chi connectivity index (χ0n) is 8.69. The van der Waals surface area contributed by atoms with Gasteiger partial charge in [-0.15, -0.1) is 0 Å². The molecule has 0 bridgehead atoms. The van der Waals surface area contributed by atoms with E-state index in [0.29, 0.717) is 0 Å². The van der Waals surface area contributed by atoms with Gasteiger partial charge in [-0.05, 0) is 6.42 Å². The first-order chi connectivity index (χ1) is 7.01. The molecule has 0 aromatic carbocycles. The van der Waals surface area contributed by atoms with Crippen LogP contribution in [0, 0.1) is 0 Å². The number of Topliss-reactive ketones (excluding diaryl/α,β-unsaturated/α-hetero) is 1. The Morgan fingerprint density at radius 3 is 2.33 bits per heavy atom. The Hall–Kier alpha value is -1.27. The second kappa shape index (κ2) is 7.08. The van der Waals surface area contributed by atoms with Crippen molar-refractivity contribution in [2.75, 3.05) is 13.7 Å². The van der Waals surface area contributed by atoms with Crippen molar-refractivity contribution in [3.63, 3.8) is 0 Å². The van der Waals surface area contributed by atoms with Gasteiger partial charge in [-0.1, -0.05) is 0 Å². The Kier molecular flexibility index (Phi) is 6.48. The quantitative estimate of drug-likeness (QED) is 0.474. The van der Waals surface area contributed by atoms with Gasteiger partial charge in [0, 0.05) is 20.5 Å². The van der Waals surface area contributed by atoms with Crippen molar-refractivity contribution in [3.05, 3.63) is 0 Å². The number of hydrogen-bond donors (Lipinski definition) is 1. The van der Waals surface area contributed by atoms with E-state index >= 15 is 0 Å². The lowest BCUT2D eigenvalue weighted by Crippen LogP contribution is -2.27. The van der Waals surface area contributed by atoms with Crippen LogP contribution in [0.4, 0.5) is 0 Å². The summed E-state index contributed by atoms with van der Waals surface area (Å²) in [6.45, 7) is 0.529. The minimum absolute atomic E-state index is 0.00200. The fourth-order valence-corrected chi connectivity index (χ4v) is 0.910.